The number of nitrogens with zero attached hydrogens (tertiary/aromatic N) is 4. The van der Waals surface area contributed by atoms with E-state index in [9.17, 15) is 0 Å². The Hall–Kier alpha value is -1.58. The summed E-state index contributed by atoms with van der Waals surface area (Å²) in [6.07, 6.45) is 1.71. The quantitative estimate of drug-likeness (QED) is 0.658. The average Bonchev–Trinajstić information content (AvgIpc) is 2.17. The summed E-state index contributed by atoms with van der Waals surface area (Å²) in [5.74, 6) is 1.03. The molecule has 13 heavy (non-hydrogen) atoms. The van der Waals surface area contributed by atoms with Gasteiger partial charge < -0.3 is 0 Å². The lowest BCUT2D eigenvalue weighted by Gasteiger charge is -2.01. The van der Waals surface area contributed by atoms with Crippen LogP contribution in [0.4, 0.5) is 0 Å². The van der Waals surface area contributed by atoms with E-state index in [-0.39, 0.29) is 0 Å². The van der Waals surface area contributed by atoms with Gasteiger partial charge in [-0.3, -0.25) is 0 Å². The number of hydrogen-bond donors (Lipinski definition) is 0. The van der Waals surface area contributed by atoms with Gasteiger partial charge in [0.1, 0.15) is 5.52 Å². The minimum atomic E-state index is 0.291. The smallest absolute Gasteiger partial charge is 0.181 e. The van der Waals surface area contributed by atoms with Gasteiger partial charge in [-0.05, 0) is 12.1 Å². The number of rotatable bonds is 1. The second kappa shape index (κ2) is 3.05. The molecule has 2 aromatic rings. The molecule has 2 heterocycles. The molecular weight excluding hydrogens is 164 g/mol. The minimum absolute atomic E-state index is 0.291. The van der Waals surface area contributed by atoms with Crippen molar-refractivity contribution in [3.63, 3.8) is 0 Å². The molecule has 0 atom stereocenters. The van der Waals surface area contributed by atoms with E-state index in [1.807, 2.05) is 26.0 Å². The molecule has 2 aromatic heterocycles. The van der Waals surface area contributed by atoms with Gasteiger partial charge in [0.2, 0.25) is 0 Å². The number of pyridine rings is 1. The zero-order valence-corrected chi connectivity index (χ0v) is 7.60. The summed E-state index contributed by atoms with van der Waals surface area (Å²) < 4.78 is 0. The standard InChI is InChI=1S/C9H10N4/c1-6(2)8-11-9-7(12-13-8)4-3-5-10-9/h3-6H,1-2H3. The summed E-state index contributed by atoms with van der Waals surface area (Å²) in [5.41, 5.74) is 1.41. The lowest BCUT2D eigenvalue weighted by molar-refractivity contribution is 0.748. The summed E-state index contributed by atoms with van der Waals surface area (Å²) >= 11 is 0. The zero-order chi connectivity index (χ0) is 9.26. The molecule has 0 saturated heterocycles. The SMILES string of the molecule is CC(C)c1nnc2cccnc2n1. The summed E-state index contributed by atoms with van der Waals surface area (Å²) in [5, 5.41) is 8.03. The van der Waals surface area contributed by atoms with Crippen molar-refractivity contribution in [2.24, 2.45) is 0 Å². The van der Waals surface area contributed by atoms with Gasteiger partial charge in [-0.15, -0.1) is 10.2 Å². The Bertz CT molecular complexity index is 425. The third kappa shape index (κ3) is 1.47. The second-order valence-electron chi connectivity index (χ2n) is 3.17. The fourth-order valence-electron chi connectivity index (χ4n) is 1.03. The van der Waals surface area contributed by atoms with Crippen molar-refractivity contribution < 1.29 is 0 Å². The molecular formula is C9H10N4. The molecule has 0 fully saturated rings. The molecule has 0 aliphatic heterocycles. The molecule has 0 N–H and O–H groups in total. The first-order valence-electron chi connectivity index (χ1n) is 4.22. The van der Waals surface area contributed by atoms with Crippen molar-refractivity contribution >= 4 is 11.2 Å². The van der Waals surface area contributed by atoms with Crippen LogP contribution in [0.3, 0.4) is 0 Å². The molecule has 66 valence electrons. The highest BCUT2D eigenvalue weighted by atomic mass is 15.2. The zero-order valence-electron chi connectivity index (χ0n) is 7.60. The van der Waals surface area contributed by atoms with Gasteiger partial charge in [0.15, 0.2) is 11.5 Å². The van der Waals surface area contributed by atoms with Crippen LogP contribution < -0.4 is 0 Å². The van der Waals surface area contributed by atoms with Crippen molar-refractivity contribution in [3.8, 4) is 0 Å². The van der Waals surface area contributed by atoms with Gasteiger partial charge in [-0.2, -0.15) is 0 Å². The Morgan fingerprint density at radius 3 is 2.85 bits per heavy atom. The molecule has 0 aliphatic rings. The molecule has 0 spiro atoms. The maximum absolute atomic E-state index is 4.29. The van der Waals surface area contributed by atoms with Crippen molar-refractivity contribution in [2.45, 2.75) is 19.8 Å². The Balaban J connectivity index is 2.62. The lowest BCUT2D eigenvalue weighted by atomic mass is 10.2. The van der Waals surface area contributed by atoms with Crippen LogP contribution in [-0.4, -0.2) is 20.2 Å². The van der Waals surface area contributed by atoms with Crippen LogP contribution in [0.2, 0.25) is 0 Å². The van der Waals surface area contributed by atoms with Gasteiger partial charge >= 0.3 is 0 Å². The van der Waals surface area contributed by atoms with Crippen LogP contribution in [0.1, 0.15) is 25.6 Å². The third-order valence-electron chi connectivity index (χ3n) is 1.76. The van der Waals surface area contributed by atoms with Gasteiger partial charge in [0, 0.05) is 12.1 Å². The molecule has 0 radical (unpaired) electrons. The van der Waals surface area contributed by atoms with E-state index in [2.05, 4.69) is 20.2 Å². The van der Waals surface area contributed by atoms with E-state index in [4.69, 9.17) is 0 Å². The van der Waals surface area contributed by atoms with Gasteiger partial charge in [-0.25, -0.2) is 9.97 Å². The molecule has 4 nitrogen and oxygen atoms in total. The number of fused-ring (bicyclic) bond motifs is 1. The van der Waals surface area contributed by atoms with Crippen LogP contribution >= 0.6 is 0 Å². The maximum atomic E-state index is 4.29. The van der Waals surface area contributed by atoms with E-state index in [1.165, 1.54) is 0 Å². The number of hydrogen-bond acceptors (Lipinski definition) is 4. The highest BCUT2D eigenvalue weighted by molar-refractivity contribution is 5.67. The molecule has 0 aromatic carbocycles. The topological polar surface area (TPSA) is 51.6 Å². The van der Waals surface area contributed by atoms with Crippen LogP contribution in [0.25, 0.3) is 11.2 Å². The first-order valence-corrected chi connectivity index (χ1v) is 4.22. The van der Waals surface area contributed by atoms with Crippen LogP contribution in [0.15, 0.2) is 18.3 Å². The summed E-state index contributed by atoms with van der Waals surface area (Å²) in [6.45, 7) is 4.07. The van der Waals surface area contributed by atoms with Crippen LogP contribution in [0, 0.1) is 0 Å². The second-order valence-corrected chi connectivity index (χ2v) is 3.17. The third-order valence-corrected chi connectivity index (χ3v) is 1.76. The largest absolute Gasteiger partial charge is 0.235 e. The Labute approximate surface area is 76.1 Å². The predicted molar refractivity (Wildman–Crippen MR) is 49.2 cm³/mol. The summed E-state index contributed by atoms with van der Waals surface area (Å²) in [7, 11) is 0. The van der Waals surface area contributed by atoms with E-state index < -0.39 is 0 Å². The Kier molecular flexibility index (Phi) is 1.88. The van der Waals surface area contributed by atoms with Crippen molar-refractivity contribution in [1.29, 1.82) is 0 Å². The monoisotopic (exact) mass is 174 g/mol. The van der Waals surface area contributed by atoms with E-state index in [1.54, 1.807) is 6.20 Å². The average molecular weight is 174 g/mol. The Morgan fingerprint density at radius 1 is 1.23 bits per heavy atom. The molecule has 0 amide bonds. The molecule has 4 heteroatoms. The van der Waals surface area contributed by atoms with Gasteiger partial charge in [0.05, 0.1) is 0 Å². The molecule has 0 unspecified atom stereocenters. The van der Waals surface area contributed by atoms with Crippen molar-refractivity contribution in [3.05, 3.63) is 24.2 Å². The summed E-state index contributed by atoms with van der Waals surface area (Å²) in [6, 6.07) is 3.68. The Morgan fingerprint density at radius 2 is 2.08 bits per heavy atom. The fourth-order valence-corrected chi connectivity index (χ4v) is 1.03. The van der Waals surface area contributed by atoms with E-state index in [0.29, 0.717) is 11.6 Å². The highest BCUT2D eigenvalue weighted by Crippen LogP contribution is 2.09. The maximum Gasteiger partial charge on any atom is 0.181 e. The fraction of sp³-hybridized carbons (Fsp3) is 0.333. The first kappa shape index (κ1) is 8.04. The molecule has 0 bridgehead atoms. The number of aromatic nitrogens is 4. The molecule has 0 saturated carbocycles. The normalized spacial score (nSPS) is 11.0. The van der Waals surface area contributed by atoms with Crippen molar-refractivity contribution in [1.82, 2.24) is 20.2 Å². The van der Waals surface area contributed by atoms with Gasteiger partial charge in [0.25, 0.3) is 0 Å². The van der Waals surface area contributed by atoms with Crippen LogP contribution in [-0.2, 0) is 0 Å². The van der Waals surface area contributed by atoms with Crippen LogP contribution in [0.5, 0.6) is 0 Å². The van der Waals surface area contributed by atoms with E-state index in [0.717, 1.165) is 11.3 Å². The van der Waals surface area contributed by atoms with Crippen molar-refractivity contribution in [2.75, 3.05) is 0 Å². The minimum Gasteiger partial charge on any atom is -0.235 e. The lowest BCUT2D eigenvalue weighted by Crippen LogP contribution is -2.00. The predicted octanol–water partition coefficient (Wildman–Crippen LogP) is 1.54. The van der Waals surface area contributed by atoms with Gasteiger partial charge in [-0.1, -0.05) is 13.8 Å². The molecule has 2 rings (SSSR count). The highest BCUT2D eigenvalue weighted by Gasteiger charge is 2.04. The molecule has 0 aliphatic carbocycles. The first-order chi connectivity index (χ1) is 6.27. The van der Waals surface area contributed by atoms with E-state index >= 15 is 0 Å². The summed E-state index contributed by atoms with van der Waals surface area (Å²) in [4.78, 5) is 8.40.